The minimum atomic E-state index is -1.66. The van der Waals surface area contributed by atoms with E-state index in [-0.39, 0.29) is 12.8 Å². The van der Waals surface area contributed by atoms with Crippen molar-refractivity contribution in [3.63, 3.8) is 0 Å². The van der Waals surface area contributed by atoms with Crippen molar-refractivity contribution in [1.82, 2.24) is 0 Å². The summed E-state index contributed by atoms with van der Waals surface area (Å²) in [5, 5.41) is 8.97. The SMILES string of the molecule is O=[P+](CCO)N(c1ccccc1)c1ccccc1. The van der Waals surface area contributed by atoms with E-state index in [1.165, 1.54) is 0 Å². The standard InChI is InChI=1S/C14H15NO2P/c16-11-12-18(17)15(13-7-3-1-4-8-13)14-9-5-2-6-10-14/h1-10,16H,11-12H2/q+1. The molecule has 2 aromatic rings. The molecule has 0 aliphatic rings. The van der Waals surface area contributed by atoms with Crippen molar-refractivity contribution >= 4 is 19.3 Å². The molecule has 3 nitrogen and oxygen atoms in total. The summed E-state index contributed by atoms with van der Waals surface area (Å²) in [6, 6.07) is 19.1. The van der Waals surface area contributed by atoms with Gasteiger partial charge in [-0.2, -0.15) is 0 Å². The zero-order chi connectivity index (χ0) is 12.8. The molecule has 2 rings (SSSR count). The Morgan fingerprint density at radius 3 is 1.72 bits per heavy atom. The van der Waals surface area contributed by atoms with E-state index in [2.05, 4.69) is 0 Å². The van der Waals surface area contributed by atoms with Crippen LogP contribution >= 0.6 is 7.95 Å². The van der Waals surface area contributed by atoms with Gasteiger partial charge in [-0.3, -0.25) is 0 Å². The van der Waals surface area contributed by atoms with Gasteiger partial charge in [0.15, 0.2) is 6.16 Å². The van der Waals surface area contributed by atoms with E-state index in [1.807, 2.05) is 60.7 Å². The van der Waals surface area contributed by atoms with Gasteiger partial charge in [0.1, 0.15) is 0 Å². The highest BCUT2D eigenvalue weighted by molar-refractivity contribution is 7.47. The van der Waals surface area contributed by atoms with E-state index in [0.717, 1.165) is 11.4 Å². The number of aliphatic hydroxyl groups is 1. The van der Waals surface area contributed by atoms with Crippen LogP contribution in [-0.2, 0) is 4.57 Å². The Balaban J connectivity index is 2.38. The molecule has 0 fully saturated rings. The summed E-state index contributed by atoms with van der Waals surface area (Å²) in [7, 11) is -1.66. The molecule has 0 spiro atoms. The smallest absolute Gasteiger partial charge is 0.392 e. The number of para-hydroxylation sites is 2. The van der Waals surface area contributed by atoms with Crippen LogP contribution < -0.4 is 4.67 Å². The van der Waals surface area contributed by atoms with E-state index in [0.29, 0.717) is 0 Å². The van der Waals surface area contributed by atoms with E-state index in [4.69, 9.17) is 5.11 Å². The molecule has 92 valence electrons. The minimum absolute atomic E-state index is 0.0780. The molecule has 4 heteroatoms. The number of benzene rings is 2. The molecular weight excluding hydrogens is 245 g/mol. The van der Waals surface area contributed by atoms with Crippen LogP contribution in [0.3, 0.4) is 0 Å². The van der Waals surface area contributed by atoms with Crippen molar-refractivity contribution in [2.24, 2.45) is 0 Å². The predicted molar refractivity (Wildman–Crippen MR) is 74.6 cm³/mol. The Kier molecular flexibility index (Phi) is 4.46. The van der Waals surface area contributed by atoms with Gasteiger partial charge in [-0.25, -0.2) is 0 Å². The Morgan fingerprint density at radius 1 is 0.889 bits per heavy atom. The molecule has 18 heavy (non-hydrogen) atoms. The van der Waals surface area contributed by atoms with Gasteiger partial charge >= 0.3 is 7.95 Å². The number of anilines is 2. The third-order valence-electron chi connectivity index (χ3n) is 2.52. The van der Waals surface area contributed by atoms with Gasteiger partial charge in [-0.05, 0) is 28.8 Å². The number of aliphatic hydroxyl groups excluding tert-OH is 1. The van der Waals surface area contributed by atoms with Crippen LogP contribution in [0.1, 0.15) is 0 Å². The third kappa shape index (κ3) is 2.95. The largest absolute Gasteiger partial charge is 0.469 e. The fourth-order valence-electron chi connectivity index (χ4n) is 1.73. The van der Waals surface area contributed by atoms with Crippen molar-refractivity contribution in [3.05, 3.63) is 60.7 Å². The fraction of sp³-hybridized carbons (Fsp3) is 0.143. The molecule has 0 radical (unpaired) electrons. The molecule has 2 aromatic carbocycles. The lowest BCUT2D eigenvalue weighted by Gasteiger charge is -2.13. The molecule has 0 amide bonds. The first-order valence-corrected chi connectivity index (χ1v) is 7.18. The van der Waals surface area contributed by atoms with Crippen LogP contribution in [0.5, 0.6) is 0 Å². The topological polar surface area (TPSA) is 40.5 Å². The summed E-state index contributed by atoms with van der Waals surface area (Å²) in [6.45, 7) is -0.0780. The maximum absolute atomic E-state index is 12.3. The van der Waals surface area contributed by atoms with Crippen LogP contribution in [0.15, 0.2) is 60.7 Å². The van der Waals surface area contributed by atoms with Crippen LogP contribution in [0.4, 0.5) is 11.4 Å². The van der Waals surface area contributed by atoms with E-state index >= 15 is 0 Å². The highest BCUT2D eigenvalue weighted by atomic mass is 31.1. The molecule has 0 saturated heterocycles. The summed E-state index contributed by atoms with van der Waals surface area (Å²) in [5.74, 6) is 0. The van der Waals surface area contributed by atoms with Crippen molar-refractivity contribution in [1.29, 1.82) is 0 Å². The molecule has 1 N–H and O–H groups in total. The molecule has 1 unspecified atom stereocenters. The van der Waals surface area contributed by atoms with E-state index < -0.39 is 7.95 Å². The van der Waals surface area contributed by atoms with Crippen LogP contribution in [-0.4, -0.2) is 17.9 Å². The summed E-state index contributed by atoms with van der Waals surface area (Å²) in [6.07, 6.45) is 0.263. The number of hydrogen-bond donors (Lipinski definition) is 1. The Morgan fingerprint density at radius 2 is 1.33 bits per heavy atom. The zero-order valence-corrected chi connectivity index (χ0v) is 10.8. The van der Waals surface area contributed by atoms with Crippen molar-refractivity contribution in [2.45, 2.75) is 0 Å². The lowest BCUT2D eigenvalue weighted by molar-refractivity contribution is 0.320. The van der Waals surface area contributed by atoms with Gasteiger partial charge in [0.05, 0.1) is 18.0 Å². The summed E-state index contributed by atoms with van der Waals surface area (Å²) in [4.78, 5) is 0. The van der Waals surface area contributed by atoms with Gasteiger partial charge in [0.2, 0.25) is 0 Å². The van der Waals surface area contributed by atoms with Crippen molar-refractivity contribution in [3.8, 4) is 0 Å². The normalized spacial score (nSPS) is 11.1. The van der Waals surface area contributed by atoms with E-state index in [9.17, 15) is 4.57 Å². The van der Waals surface area contributed by atoms with Gasteiger partial charge in [-0.1, -0.05) is 36.4 Å². The summed E-state index contributed by atoms with van der Waals surface area (Å²) in [5.41, 5.74) is 1.75. The Labute approximate surface area is 108 Å². The average Bonchev–Trinajstić information content (AvgIpc) is 2.42. The Bertz CT molecular complexity index is 462. The predicted octanol–water partition coefficient (Wildman–Crippen LogP) is 3.56. The molecule has 0 heterocycles. The zero-order valence-electron chi connectivity index (χ0n) is 9.94. The second-order valence-electron chi connectivity index (χ2n) is 3.78. The van der Waals surface area contributed by atoms with Crippen LogP contribution in [0, 0.1) is 0 Å². The van der Waals surface area contributed by atoms with Gasteiger partial charge in [0.25, 0.3) is 0 Å². The van der Waals surface area contributed by atoms with Crippen LogP contribution in [0.2, 0.25) is 0 Å². The highest BCUT2D eigenvalue weighted by Gasteiger charge is 2.28. The number of rotatable bonds is 5. The number of nitrogens with zero attached hydrogens (tertiary/aromatic N) is 1. The maximum atomic E-state index is 12.3. The van der Waals surface area contributed by atoms with Crippen LogP contribution in [0.25, 0.3) is 0 Å². The second kappa shape index (κ2) is 6.29. The number of hydrogen-bond acceptors (Lipinski definition) is 2. The fourth-order valence-corrected chi connectivity index (χ4v) is 2.88. The van der Waals surface area contributed by atoms with Gasteiger partial charge < -0.3 is 5.11 Å². The molecular formula is C14H15NO2P+. The maximum Gasteiger partial charge on any atom is 0.469 e. The lowest BCUT2D eigenvalue weighted by Crippen LogP contribution is -2.09. The Hall–Kier alpha value is -1.70. The molecule has 1 atom stereocenters. The molecule has 0 aliphatic heterocycles. The average molecular weight is 260 g/mol. The molecule has 0 aliphatic carbocycles. The first-order chi connectivity index (χ1) is 8.83. The third-order valence-corrected chi connectivity index (χ3v) is 4.01. The molecule has 0 aromatic heterocycles. The first-order valence-electron chi connectivity index (χ1n) is 5.78. The second-order valence-corrected chi connectivity index (χ2v) is 5.33. The lowest BCUT2D eigenvalue weighted by atomic mass is 10.3. The highest BCUT2D eigenvalue weighted by Crippen LogP contribution is 2.40. The quantitative estimate of drug-likeness (QED) is 0.835. The molecule has 0 saturated carbocycles. The van der Waals surface area contributed by atoms with Crippen molar-refractivity contribution in [2.75, 3.05) is 17.4 Å². The first kappa shape index (κ1) is 12.7. The minimum Gasteiger partial charge on any atom is -0.392 e. The van der Waals surface area contributed by atoms with E-state index in [1.54, 1.807) is 4.67 Å². The summed E-state index contributed by atoms with van der Waals surface area (Å²) < 4.78 is 14.0. The van der Waals surface area contributed by atoms with Crippen molar-refractivity contribution < 1.29 is 9.67 Å². The summed E-state index contributed by atoms with van der Waals surface area (Å²) >= 11 is 0. The monoisotopic (exact) mass is 260 g/mol. The van der Waals surface area contributed by atoms with Gasteiger partial charge in [-0.15, -0.1) is 4.67 Å². The van der Waals surface area contributed by atoms with Gasteiger partial charge in [0, 0.05) is 0 Å². The molecule has 0 bridgehead atoms.